The van der Waals surface area contributed by atoms with Gasteiger partial charge in [0, 0.05) is 11.9 Å². The first-order valence-electron chi connectivity index (χ1n) is 5.54. The minimum Gasteiger partial charge on any atom is -0.211 e. The number of benzene rings is 1. The summed E-state index contributed by atoms with van der Waals surface area (Å²) in [5.74, 6) is 0. The summed E-state index contributed by atoms with van der Waals surface area (Å²) in [4.78, 5) is 0.338. The van der Waals surface area contributed by atoms with E-state index in [2.05, 4.69) is 4.72 Å². The molecule has 1 atom stereocenters. The number of aryl methyl sites for hydroxylation is 2. The van der Waals surface area contributed by atoms with Gasteiger partial charge >= 0.3 is 0 Å². The Hall–Kier alpha value is -0.580. The van der Waals surface area contributed by atoms with E-state index in [4.69, 9.17) is 11.6 Å². The summed E-state index contributed by atoms with van der Waals surface area (Å²) in [6.07, 6.45) is 0.617. The van der Waals surface area contributed by atoms with Gasteiger partial charge in [0.2, 0.25) is 10.0 Å². The van der Waals surface area contributed by atoms with E-state index < -0.39 is 10.0 Å². The van der Waals surface area contributed by atoms with E-state index in [1.54, 1.807) is 19.1 Å². The fourth-order valence-corrected chi connectivity index (χ4v) is 2.95. The number of hydrogen-bond acceptors (Lipinski definition) is 2. The molecule has 0 spiro atoms. The first kappa shape index (κ1) is 14.5. The summed E-state index contributed by atoms with van der Waals surface area (Å²) in [6.45, 7) is 5.94. The van der Waals surface area contributed by atoms with Gasteiger partial charge in [-0.1, -0.05) is 17.7 Å². The average Bonchev–Trinajstić information content (AvgIpc) is 2.15. The third-order valence-corrected chi connectivity index (χ3v) is 4.29. The smallest absolute Gasteiger partial charge is 0.211 e. The molecule has 5 heteroatoms. The van der Waals surface area contributed by atoms with Crippen LogP contribution in [-0.2, 0) is 10.0 Å². The van der Waals surface area contributed by atoms with Gasteiger partial charge in [-0.15, -0.1) is 11.6 Å². The maximum Gasteiger partial charge on any atom is 0.240 e. The highest BCUT2D eigenvalue weighted by molar-refractivity contribution is 7.89. The zero-order chi connectivity index (χ0) is 13.1. The van der Waals surface area contributed by atoms with E-state index in [9.17, 15) is 8.42 Å². The first-order valence-corrected chi connectivity index (χ1v) is 7.46. The Morgan fingerprint density at radius 2 is 2.00 bits per heavy atom. The molecule has 3 nitrogen and oxygen atoms in total. The average molecular weight is 276 g/mol. The Labute approximate surface area is 108 Å². The summed E-state index contributed by atoms with van der Waals surface area (Å²) in [7, 11) is -3.41. The maximum atomic E-state index is 12.0. The summed E-state index contributed by atoms with van der Waals surface area (Å²) in [5.41, 5.74) is 1.81. The third kappa shape index (κ3) is 4.30. The van der Waals surface area contributed by atoms with Crippen molar-refractivity contribution in [3.63, 3.8) is 0 Å². The summed E-state index contributed by atoms with van der Waals surface area (Å²) in [5, 5.41) is -0.0307. The van der Waals surface area contributed by atoms with E-state index in [-0.39, 0.29) is 5.38 Å². The lowest BCUT2D eigenvalue weighted by atomic mass is 10.2. The van der Waals surface area contributed by atoms with Gasteiger partial charge in [-0.25, -0.2) is 13.1 Å². The first-order chi connectivity index (χ1) is 7.83. The molecule has 0 aliphatic carbocycles. The van der Waals surface area contributed by atoms with E-state index in [0.717, 1.165) is 11.1 Å². The van der Waals surface area contributed by atoms with E-state index >= 15 is 0 Å². The molecule has 1 rings (SSSR count). The van der Waals surface area contributed by atoms with E-state index in [1.807, 2.05) is 19.9 Å². The molecular weight excluding hydrogens is 258 g/mol. The lowest BCUT2D eigenvalue weighted by Crippen LogP contribution is -2.26. The lowest BCUT2D eigenvalue weighted by molar-refractivity contribution is 0.578. The van der Waals surface area contributed by atoms with Crippen molar-refractivity contribution in [1.29, 1.82) is 0 Å². The lowest BCUT2D eigenvalue weighted by Gasteiger charge is -2.10. The van der Waals surface area contributed by atoms with E-state index in [1.165, 1.54) is 0 Å². The molecule has 0 heterocycles. The molecule has 17 heavy (non-hydrogen) atoms. The SMILES string of the molecule is Cc1ccc(S(=O)(=O)NCCC(C)Cl)c(C)c1. The Bertz CT molecular complexity index is 483. The van der Waals surface area contributed by atoms with Crippen LogP contribution in [0.1, 0.15) is 24.5 Å². The normalized spacial score (nSPS) is 13.6. The van der Waals surface area contributed by atoms with Crippen LogP contribution in [0.25, 0.3) is 0 Å². The number of rotatable bonds is 5. The van der Waals surface area contributed by atoms with Gasteiger partial charge in [0.05, 0.1) is 4.90 Å². The van der Waals surface area contributed by atoms with Gasteiger partial charge < -0.3 is 0 Å². The van der Waals surface area contributed by atoms with Crippen LogP contribution in [0.3, 0.4) is 0 Å². The monoisotopic (exact) mass is 275 g/mol. The fourth-order valence-electron chi connectivity index (χ4n) is 1.57. The molecule has 0 radical (unpaired) electrons. The highest BCUT2D eigenvalue weighted by Crippen LogP contribution is 2.16. The van der Waals surface area contributed by atoms with Crippen LogP contribution < -0.4 is 4.72 Å². The van der Waals surface area contributed by atoms with Crippen LogP contribution in [0.15, 0.2) is 23.1 Å². The Morgan fingerprint density at radius 1 is 1.35 bits per heavy atom. The second kappa shape index (κ2) is 5.85. The molecule has 96 valence electrons. The standard InChI is InChI=1S/C12H18ClNO2S/c1-9-4-5-12(10(2)8-9)17(15,16)14-7-6-11(3)13/h4-5,8,11,14H,6-7H2,1-3H3. The molecule has 1 unspecified atom stereocenters. The molecule has 0 aliphatic rings. The minimum absolute atomic E-state index is 0.0307. The van der Waals surface area contributed by atoms with Crippen LogP contribution in [0.2, 0.25) is 0 Å². The minimum atomic E-state index is -3.41. The van der Waals surface area contributed by atoms with Crippen molar-refractivity contribution in [3.05, 3.63) is 29.3 Å². The van der Waals surface area contributed by atoms with Crippen LogP contribution >= 0.6 is 11.6 Å². The Kier molecular flexibility index (Phi) is 4.98. The topological polar surface area (TPSA) is 46.2 Å². The van der Waals surface area contributed by atoms with Crippen LogP contribution in [0, 0.1) is 13.8 Å². The molecule has 1 aromatic carbocycles. The van der Waals surface area contributed by atoms with Crippen LogP contribution in [0.4, 0.5) is 0 Å². The number of sulfonamides is 1. The zero-order valence-corrected chi connectivity index (χ0v) is 11.9. The number of hydrogen-bond donors (Lipinski definition) is 1. The predicted molar refractivity (Wildman–Crippen MR) is 71.0 cm³/mol. The van der Waals surface area contributed by atoms with Gasteiger partial charge in [-0.2, -0.15) is 0 Å². The second-order valence-electron chi connectivity index (χ2n) is 4.24. The van der Waals surface area contributed by atoms with Gasteiger partial charge in [0.25, 0.3) is 0 Å². The summed E-state index contributed by atoms with van der Waals surface area (Å²) < 4.78 is 26.5. The van der Waals surface area contributed by atoms with Gasteiger partial charge in [0.15, 0.2) is 0 Å². The summed E-state index contributed by atoms with van der Waals surface area (Å²) >= 11 is 5.77. The quantitative estimate of drug-likeness (QED) is 0.840. The number of alkyl halides is 1. The van der Waals surface area contributed by atoms with Crippen LogP contribution in [0.5, 0.6) is 0 Å². The number of halogens is 1. The number of nitrogens with one attached hydrogen (secondary N) is 1. The van der Waals surface area contributed by atoms with Gasteiger partial charge in [-0.05, 0) is 38.8 Å². The Morgan fingerprint density at radius 3 is 2.53 bits per heavy atom. The molecule has 0 saturated carbocycles. The van der Waals surface area contributed by atoms with Crippen molar-refractivity contribution >= 4 is 21.6 Å². The van der Waals surface area contributed by atoms with Crippen molar-refractivity contribution in [2.24, 2.45) is 0 Å². The van der Waals surface area contributed by atoms with Gasteiger partial charge in [-0.3, -0.25) is 0 Å². The van der Waals surface area contributed by atoms with Crippen LogP contribution in [-0.4, -0.2) is 20.3 Å². The molecule has 0 amide bonds. The highest BCUT2D eigenvalue weighted by Gasteiger charge is 2.16. The molecule has 0 fully saturated rings. The predicted octanol–water partition coefficient (Wildman–Crippen LogP) is 2.60. The molecule has 1 N–H and O–H groups in total. The molecule has 0 bridgehead atoms. The van der Waals surface area contributed by atoms with Crippen molar-refractivity contribution in [3.8, 4) is 0 Å². The maximum absolute atomic E-state index is 12.0. The second-order valence-corrected chi connectivity index (χ2v) is 6.72. The van der Waals surface area contributed by atoms with Crippen molar-refractivity contribution < 1.29 is 8.42 Å². The molecule has 0 aliphatic heterocycles. The van der Waals surface area contributed by atoms with Crippen molar-refractivity contribution in [2.75, 3.05) is 6.54 Å². The largest absolute Gasteiger partial charge is 0.240 e. The van der Waals surface area contributed by atoms with Gasteiger partial charge in [0.1, 0.15) is 0 Å². The van der Waals surface area contributed by atoms with Crippen molar-refractivity contribution in [1.82, 2.24) is 4.72 Å². The molecule has 0 aromatic heterocycles. The van der Waals surface area contributed by atoms with E-state index in [0.29, 0.717) is 17.9 Å². The molecule has 0 saturated heterocycles. The zero-order valence-electron chi connectivity index (χ0n) is 10.3. The van der Waals surface area contributed by atoms with Crippen molar-refractivity contribution in [2.45, 2.75) is 37.5 Å². The Balaban J connectivity index is 2.83. The summed E-state index contributed by atoms with van der Waals surface area (Å²) in [6, 6.07) is 5.29. The molecule has 1 aromatic rings. The highest BCUT2D eigenvalue weighted by atomic mass is 35.5. The molecular formula is C12H18ClNO2S. The third-order valence-electron chi connectivity index (χ3n) is 2.45. The fraction of sp³-hybridized carbons (Fsp3) is 0.500.